The van der Waals surface area contributed by atoms with Crippen LogP contribution < -0.4 is 4.74 Å². The van der Waals surface area contributed by atoms with Gasteiger partial charge in [0.25, 0.3) is 0 Å². The van der Waals surface area contributed by atoms with Crippen LogP contribution in [0, 0.1) is 17.7 Å². The first-order chi connectivity index (χ1) is 11.6. The van der Waals surface area contributed by atoms with Crippen LogP contribution in [0.1, 0.15) is 23.1 Å². The lowest BCUT2D eigenvalue weighted by molar-refractivity contribution is -0.0470. The maximum atomic E-state index is 13.8. The van der Waals surface area contributed by atoms with E-state index in [9.17, 15) is 4.39 Å². The van der Waals surface area contributed by atoms with Gasteiger partial charge in [0.15, 0.2) is 5.69 Å². The Morgan fingerprint density at radius 1 is 1.04 bits per heavy atom. The van der Waals surface area contributed by atoms with Crippen molar-refractivity contribution in [3.63, 3.8) is 0 Å². The fraction of sp³-hybridized carbons (Fsp3) is 0.0588. The SMILES string of the molecule is OC(O)c1nn[nH]c1Oc1cc(F)cc(C#Cc2ccccc2)c1. The summed E-state index contributed by atoms with van der Waals surface area (Å²) in [6.07, 6.45) is -1.86. The molecule has 6 nitrogen and oxygen atoms in total. The van der Waals surface area contributed by atoms with Crippen molar-refractivity contribution in [1.29, 1.82) is 0 Å². The summed E-state index contributed by atoms with van der Waals surface area (Å²) in [5.41, 5.74) is 1.01. The van der Waals surface area contributed by atoms with E-state index in [1.54, 1.807) is 0 Å². The molecule has 0 fully saturated rings. The first-order valence-electron chi connectivity index (χ1n) is 6.94. The van der Waals surface area contributed by atoms with Gasteiger partial charge in [-0.05, 0) is 24.3 Å². The van der Waals surface area contributed by atoms with E-state index in [-0.39, 0.29) is 17.3 Å². The summed E-state index contributed by atoms with van der Waals surface area (Å²) >= 11 is 0. The van der Waals surface area contributed by atoms with Gasteiger partial charge in [0, 0.05) is 17.2 Å². The quantitative estimate of drug-likeness (QED) is 0.507. The Balaban J connectivity index is 1.87. The number of aromatic nitrogens is 3. The molecular formula is C17H12FN3O3. The Labute approximate surface area is 136 Å². The molecule has 24 heavy (non-hydrogen) atoms. The molecule has 0 aliphatic rings. The van der Waals surface area contributed by atoms with Crippen LogP contribution >= 0.6 is 0 Å². The monoisotopic (exact) mass is 325 g/mol. The van der Waals surface area contributed by atoms with E-state index in [1.165, 1.54) is 12.1 Å². The van der Waals surface area contributed by atoms with Crippen LogP contribution in [0.3, 0.4) is 0 Å². The van der Waals surface area contributed by atoms with Crippen LogP contribution in [-0.4, -0.2) is 25.6 Å². The fourth-order valence-corrected chi connectivity index (χ4v) is 1.95. The van der Waals surface area contributed by atoms with E-state index in [1.807, 2.05) is 30.3 Å². The molecule has 3 aromatic rings. The molecule has 2 aromatic carbocycles. The highest BCUT2D eigenvalue weighted by Gasteiger charge is 2.16. The van der Waals surface area contributed by atoms with Crippen LogP contribution in [0.15, 0.2) is 48.5 Å². The van der Waals surface area contributed by atoms with Crippen LogP contribution in [0.4, 0.5) is 4.39 Å². The number of hydrogen-bond donors (Lipinski definition) is 3. The lowest BCUT2D eigenvalue weighted by atomic mass is 10.1. The van der Waals surface area contributed by atoms with E-state index in [2.05, 4.69) is 27.3 Å². The molecule has 0 amide bonds. The third-order valence-corrected chi connectivity index (χ3v) is 3.00. The second-order valence-electron chi connectivity index (χ2n) is 4.79. The van der Waals surface area contributed by atoms with Gasteiger partial charge in [-0.2, -0.15) is 0 Å². The van der Waals surface area contributed by atoms with Crippen molar-refractivity contribution in [1.82, 2.24) is 15.4 Å². The number of aliphatic hydroxyl groups is 2. The van der Waals surface area contributed by atoms with Crippen molar-refractivity contribution in [3.05, 3.63) is 71.2 Å². The number of aliphatic hydroxyl groups excluding tert-OH is 1. The number of hydrogen-bond acceptors (Lipinski definition) is 5. The molecule has 3 N–H and O–H groups in total. The smallest absolute Gasteiger partial charge is 0.244 e. The highest BCUT2D eigenvalue weighted by molar-refractivity contribution is 5.46. The molecule has 0 aliphatic carbocycles. The zero-order chi connectivity index (χ0) is 16.9. The average Bonchev–Trinajstić information content (AvgIpc) is 3.02. The number of nitrogens with one attached hydrogen (secondary N) is 1. The van der Waals surface area contributed by atoms with Gasteiger partial charge in [0.1, 0.15) is 11.6 Å². The normalized spacial score (nSPS) is 10.3. The van der Waals surface area contributed by atoms with Gasteiger partial charge in [-0.15, -0.1) is 5.10 Å². The predicted octanol–water partition coefficient (Wildman–Crippen LogP) is 2.12. The summed E-state index contributed by atoms with van der Waals surface area (Å²) in [6.45, 7) is 0. The van der Waals surface area contributed by atoms with Crippen LogP contribution in [0.5, 0.6) is 11.6 Å². The summed E-state index contributed by atoms with van der Waals surface area (Å²) in [6, 6.07) is 13.2. The van der Waals surface area contributed by atoms with Crippen molar-refractivity contribution in [2.75, 3.05) is 0 Å². The van der Waals surface area contributed by atoms with E-state index >= 15 is 0 Å². The minimum Gasteiger partial charge on any atom is -0.437 e. The zero-order valence-electron chi connectivity index (χ0n) is 12.3. The van der Waals surface area contributed by atoms with Gasteiger partial charge in [0.05, 0.1) is 0 Å². The molecule has 0 unspecified atom stereocenters. The van der Waals surface area contributed by atoms with E-state index < -0.39 is 12.1 Å². The molecule has 0 radical (unpaired) electrons. The molecule has 0 saturated carbocycles. The lowest BCUT2D eigenvalue weighted by Crippen LogP contribution is -1.98. The molecular weight excluding hydrogens is 313 g/mol. The van der Waals surface area contributed by atoms with Crippen molar-refractivity contribution < 1.29 is 19.3 Å². The molecule has 1 aromatic heterocycles. The number of rotatable bonds is 3. The Morgan fingerprint density at radius 3 is 2.54 bits per heavy atom. The predicted molar refractivity (Wildman–Crippen MR) is 82.5 cm³/mol. The average molecular weight is 325 g/mol. The van der Waals surface area contributed by atoms with Gasteiger partial charge < -0.3 is 14.9 Å². The Hall–Kier alpha value is -3.21. The molecule has 0 bridgehead atoms. The fourth-order valence-electron chi connectivity index (χ4n) is 1.95. The van der Waals surface area contributed by atoms with Gasteiger partial charge >= 0.3 is 0 Å². The Kier molecular flexibility index (Phi) is 4.52. The largest absolute Gasteiger partial charge is 0.437 e. The molecule has 120 valence electrons. The number of halogens is 1. The van der Waals surface area contributed by atoms with Crippen molar-refractivity contribution >= 4 is 0 Å². The number of ether oxygens (including phenoxy) is 1. The van der Waals surface area contributed by atoms with Gasteiger partial charge in [0.2, 0.25) is 12.2 Å². The van der Waals surface area contributed by atoms with E-state index in [0.29, 0.717) is 5.56 Å². The lowest BCUT2D eigenvalue weighted by Gasteiger charge is -2.06. The minimum absolute atomic E-state index is 0.0856. The summed E-state index contributed by atoms with van der Waals surface area (Å²) in [7, 11) is 0. The van der Waals surface area contributed by atoms with Gasteiger partial charge in [-0.3, -0.25) is 0 Å². The minimum atomic E-state index is -1.86. The van der Waals surface area contributed by atoms with Gasteiger partial charge in [-0.1, -0.05) is 35.3 Å². The molecule has 3 rings (SSSR count). The summed E-state index contributed by atoms with van der Waals surface area (Å²) in [5.74, 6) is 5.27. The Bertz CT molecular complexity index is 898. The molecule has 7 heteroatoms. The number of nitrogens with zero attached hydrogens (tertiary/aromatic N) is 2. The van der Waals surface area contributed by atoms with Crippen LogP contribution in [-0.2, 0) is 0 Å². The van der Waals surface area contributed by atoms with E-state index in [0.717, 1.165) is 11.6 Å². The third kappa shape index (κ3) is 3.76. The van der Waals surface area contributed by atoms with Crippen molar-refractivity contribution in [2.24, 2.45) is 0 Å². The maximum absolute atomic E-state index is 13.8. The summed E-state index contributed by atoms with van der Waals surface area (Å²) in [4.78, 5) is 0. The van der Waals surface area contributed by atoms with Gasteiger partial charge in [-0.25, -0.2) is 9.49 Å². The van der Waals surface area contributed by atoms with Crippen molar-refractivity contribution in [2.45, 2.75) is 6.29 Å². The molecule has 0 saturated heterocycles. The third-order valence-electron chi connectivity index (χ3n) is 3.00. The standard InChI is InChI=1S/C17H12FN3O3/c18-13-8-12(7-6-11-4-2-1-3-5-11)9-14(10-13)24-16-15(17(22)23)19-21-20-16/h1-5,8-10,17,22-23H,(H,19,20,21). The topological polar surface area (TPSA) is 91.3 Å². The maximum Gasteiger partial charge on any atom is 0.244 e. The summed E-state index contributed by atoms with van der Waals surface area (Å²) < 4.78 is 19.1. The highest BCUT2D eigenvalue weighted by atomic mass is 19.1. The molecule has 0 atom stereocenters. The number of H-pyrrole nitrogens is 1. The highest BCUT2D eigenvalue weighted by Crippen LogP contribution is 2.26. The van der Waals surface area contributed by atoms with Crippen LogP contribution in [0.2, 0.25) is 0 Å². The first kappa shape index (κ1) is 15.7. The first-order valence-corrected chi connectivity index (χ1v) is 6.94. The zero-order valence-corrected chi connectivity index (χ0v) is 12.3. The number of aromatic amines is 1. The van der Waals surface area contributed by atoms with Crippen molar-refractivity contribution in [3.8, 4) is 23.5 Å². The van der Waals surface area contributed by atoms with Crippen LogP contribution in [0.25, 0.3) is 0 Å². The number of benzene rings is 2. The molecule has 0 aliphatic heterocycles. The Morgan fingerprint density at radius 2 is 1.79 bits per heavy atom. The second-order valence-corrected chi connectivity index (χ2v) is 4.79. The summed E-state index contributed by atoms with van der Waals surface area (Å²) in [5, 5.41) is 27.6. The van der Waals surface area contributed by atoms with E-state index in [4.69, 9.17) is 14.9 Å². The second kappa shape index (κ2) is 6.91. The molecule has 0 spiro atoms. The molecule has 1 heterocycles.